The molecule has 0 saturated heterocycles. The normalized spacial score (nSPS) is 11.2. The molecule has 0 bridgehead atoms. The van der Waals surface area contributed by atoms with E-state index in [0.717, 1.165) is 0 Å². The largest absolute Gasteiger partial charge is 0.465 e. The lowest BCUT2D eigenvalue weighted by Gasteiger charge is -2.00. The Morgan fingerprint density at radius 3 is 2.96 bits per heavy atom. The molecule has 2 aromatic heterocycles. The number of benzene rings is 1. The summed E-state index contributed by atoms with van der Waals surface area (Å²) in [4.78, 5) is 15.1. The van der Waals surface area contributed by atoms with Crippen LogP contribution >= 0.6 is 11.3 Å². The second kappa shape index (κ2) is 6.48. The average Bonchev–Trinajstić information content (AvgIpc) is 3.24. The van der Waals surface area contributed by atoms with Crippen molar-refractivity contribution in [2.75, 3.05) is 0 Å². The van der Waals surface area contributed by atoms with E-state index in [2.05, 4.69) is 11.1 Å². The van der Waals surface area contributed by atoms with Gasteiger partial charge in [-0.05, 0) is 19.1 Å². The number of nitro benzene ring substituents is 1. The minimum Gasteiger partial charge on any atom is -0.465 e. The molecular formula is C17H11N3O3S. The van der Waals surface area contributed by atoms with Crippen molar-refractivity contribution in [2.45, 2.75) is 6.92 Å². The molecule has 118 valence electrons. The minimum absolute atomic E-state index is 0.0497. The van der Waals surface area contributed by atoms with Crippen molar-refractivity contribution < 1.29 is 9.34 Å². The molecule has 3 rings (SSSR count). The van der Waals surface area contributed by atoms with Gasteiger partial charge in [0, 0.05) is 28.6 Å². The van der Waals surface area contributed by atoms with E-state index in [0.29, 0.717) is 33.2 Å². The number of nitrogens with zero attached hydrogens (tertiary/aromatic N) is 3. The van der Waals surface area contributed by atoms with Gasteiger partial charge in [0.15, 0.2) is 0 Å². The molecule has 24 heavy (non-hydrogen) atoms. The molecule has 7 heteroatoms. The molecule has 0 N–H and O–H groups in total. The highest BCUT2D eigenvalue weighted by atomic mass is 32.1. The van der Waals surface area contributed by atoms with Crippen LogP contribution in [0.5, 0.6) is 0 Å². The molecule has 0 saturated carbocycles. The van der Waals surface area contributed by atoms with Gasteiger partial charge in [-0.3, -0.25) is 10.1 Å². The standard InChI is InChI=1S/C17H11N3O3S/c1-11-4-5-12(8-16(11)20(21)22)15-10-24-17(19-15)13(9-18)7-14-3-2-6-23-14/h2-8,10H,1H3/b13-7+. The zero-order chi connectivity index (χ0) is 17.1. The molecule has 0 aliphatic rings. The number of hydrogen-bond acceptors (Lipinski definition) is 6. The van der Waals surface area contributed by atoms with Crippen LogP contribution in [0.1, 0.15) is 16.3 Å². The molecular weight excluding hydrogens is 326 g/mol. The zero-order valence-electron chi connectivity index (χ0n) is 12.6. The zero-order valence-corrected chi connectivity index (χ0v) is 13.4. The van der Waals surface area contributed by atoms with Crippen molar-refractivity contribution >= 4 is 28.7 Å². The Labute approximate surface area is 141 Å². The Hall–Kier alpha value is -3.24. The summed E-state index contributed by atoms with van der Waals surface area (Å²) in [6, 6.07) is 10.6. The smallest absolute Gasteiger partial charge is 0.272 e. The highest BCUT2D eigenvalue weighted by molar-refractivity contribution is 7.11. The lowest BCUT2D eigenvalue weighted by atomic mass is 10.1. The van der Waals surface area contributed by atoms with Gasteiger partial charge in [0.2, 0.25) is 0 Å². The highest BCUT2D eigenvalue weighted by Crippen LogP contribution is 2.30. The van der Waals surface area contributed by atoms with Crippen molar-refractivity contribution in [2.24, 2.45) is 0 Å². The van der Waals surface area contributed by atoms with Crippen LogP contribution in [-0.2, 0) is 0 Å². The van der Waals surface area contributed by atoms with Crippen LogP contribution in [0.25, 0.3) is 22.9 Å². The number of furan rings is 1. The molecule has 0 atom stereocenters. The Kier molecular flexibility index (Phi) is 4.22. The fourth-order valence-electron chi connectivity index (χ4n) is 2.15. The number of hydrogen-bond donors (Lipinski definition) is 0. The van der Waals surface area contributed by atoms with E-state index >= 15 is 0 Å². The predicted octanol–water partition coefficient (Wildman–Crippen LogP) is 4.68. The molecule has 1 aromatic carbocycles. The molecule has 0 unspecified atom stereocenters. The number of aromatic nitrogens is 1. The van der Waals surface area contributed by atoms with Crippen LogP contribution in [-0.4, -0.2) is 9.91 Å². The van der Waals surface area contributed by atoms with Crippen molar-refractivity contribution in [1.29, 1.82) is 5.26 Å². The third-order valence-corrected chi connectivity index (χ3v) is 4.26. The van der Waals surface area contributed by atoms with Crippen LogP contribution in [0.3, 0.4) is 0 Å². The summed E-state index contributed by atoms with van der Waals surface area (Å²) in [5, 5.41) is 22.7. The maximum absolute atomic E-state index is 11.1. The van der Waals surface area contributed by atoms with Crippen LogP contribution in [0, 0.1) is 28.4 Å². The summed E-state index contributed by atoms with van der Waals surface area (Å²) in [5.41, 5.74) is 2.26. The van der Waals surface area contributed by atoms with E-state index in [4.69, 9.17) is 4.42 Å². The van der Waals surface area contributed by atoms with Crippen molar-refractivity contribution in [3.8, 4) is 17.3 Å². The summed E-state index contributed by atoms with van der Waals surface area (Å²) in [6.07, 6.45) is 3.14. The van der Waals surface area contributed by atoms with Crippen molar-refractivity contribution in [3.05, 3.63) is 68.4 Å². The topological polar surface area (TPSA) is 93.0 Å². The number of rotatable bonds is 4. The van der Waals surface area contributed by atoms with Gasteiger partial charge in [0.25, 0.3) is 5.69 Å². The molecule has 3 aromatic rings. The Morgan fingerprint density at radius 2 is 2.29 bits per heavy atom. The highest BCUT2D eigenvalue weighted by Gasteiger charge is 2.15. The fourth-order valence-corrected chi connectivity index (χ4v) is 2.95. The third-order valence-electron chi connectivity index (χ3n) is 3.39. The van der Waals surface area contributed by atoms with E-state index in [1.54, 1.807) is 42.6 Å². The number of nitriles is 1. The Morgan fingerprint density at radius 1 is 1.46 bits per heavy atom. The van der Waals surface area contributed by atoms with Gasteiger partial charge >= 0.3 is 0 Å². The first-order chi connectivity index (χ1) is 11.6. The summed E-state index contributed by atoms with van der Waals surface area (Å²) in [7, 11) is 0. The maximum Gasteiger partial charge on any atom is 0.272 e. The first kappa shape index (κ1) is 15.6. The van der Waals surface area contributed by atoms with Crippen LogP contribution in [0.4, 0.5) is 5.69 Å². The van der Waals surface area contributed by atoms with Gasteiger partial charge in [0.1, 0.15) is 16.8 Å². The Bertz CT molecular complexity index is 965. The first-order valence-corrected chi connectivity index (χ1v) is 7.83. The third kappa shape index (κ3) is 3.09. The molecule has 0 amide bonds. The second-order valence-corrected chi connectivity index (χ2v) is 5.84. The fraction of sp³-hybridized carbons (Fsp3) is 0.0588. The summed E-state index contributed by atoms with van der Waals surface area (Å²) >= 11 is 1.30. The summed E-state index contributed by atoms with van der Waals surface area (Å²) < 4.78 is 5.21. The number of aryl methyl sites for hydroxylation is 1. The molecule has 2 heterocycles. The van der Waals surface area contributed by atoms with Gasteiger partial charge < -0.3 is 4.42 Å². The van der Waals surface area contributed by atoms with E-state index in [-0.39, 0.29) is 5.69 Å². The Balaban J connectivity index is 1.98. The molecule has 0 aliphatic carbocycles. The predicted molar refractivity (Wildman–Crippen MR) is 91.1 cm³/mol. The van der Waals surface area contributed by atoms with E-state index < -0.39 is 4.92 Å². The molecule has 0 aliphatic heterocycles. The lowest BCUT2D eigenvalue weighted by molar-refractivity contribution is -0.385. The molecule has 0 fully saturated rings. The first-order valence-electron chi connectivity index (χ1n) is 6.95. The monoisotopic (exact) mass is 337 g/mol. The van der Waals surface area contributed by atoms with Gasteiger partial charge in [-0.15, -0.1) is 11.3 Å². The van der Waals surface area contributed by atoms with Gasteiger partial charge in [-0.2, -0.15) is 5.26 Å². The van der Waals surface area contributed by atoms with Crippen LogP contribution < -0.4 is 0 Å². The molecule has 0 spiro atoms. The van der Waals surface area contributed by atoms with Gasteiger partial charge in [0.05, 0.1) is 22.5 Å². The van der Waals surface area contributed by atoms with E-state index in [1.165, 1.54) is 23.7 Å². The number of thiazole rings is 1. The van der Waals surface area contributed by atoms with Gasteiger partial charge in [-0.25, -0.2) is 4.98 Å². The molecule has 6 nitrogen and oxygen atoms in total. The number of allylic oxidation sites excluding steroid dienone is 1. The van der Waals surface area contributed by atoms with Crippen molar-refractivity contribution in [3.63, 3.8) is 0 Å². The molecule has 0 radical (unpaired) electrons. The van der Waals surface area contributed by atoms with Crippen LogP contribution in [0.2, 0.25) is 0 Å². The van der Waals surface area contributed by atoms with E-state index in [1.807, 2.05) is 0 Å². The minimum atomic E-state index is -0.413. The number of nitro groups is 1. The van der Waals surface area contributed by atoms with Gasteiger partial charge in [-0.1, -0.05) is 12.1 Å². The van der Waals surface area contributed by atoms with Crippen molar-refractivity contribution in [1.82, 2.24) is 4.98 Å². The summed E-state index contributed by atoms with van der Waals surface area (Å²) in [5.74, 6) is 0.564. The SMILES string of the molecule is Cc1ccc(-c2csc(/C(C#N)=C/c3ccco3)n2)cc1[N+](=O)[O-]. The second-order valence-electron chi connectivity index (χ2n) is 4.98. The van der Waals surface area contributed by atoms with E-state index in [9.17, 15) is 15.4 Å². The lowest BCUT2D eigenvalue weighted by Crippen LogP contribution is -1.92. The average molecular weight is 337 g/mol. The maximum atomic E-state index is 11.1. The quantitative estimate of drug-likeness (QED) is 0.391. The summed E-state index contributed by atoms with van der Waals surface area (Å²) in [6.45, 7) is 1.69. The van der Waals surface area contributed by atoms with Crippen LogP contribution in [0.15, 0.2) is 46.4 Å².